The van der Waals surface area contributed by atoms with Crippen molar-refractivity contribution in [2.45, 2.75) is 101 Å². The Kier molecular flexibility index (Phi) is 12.3. The van der Waals surface area contributed by atoms with Gasteiger partial charge in [0.1, 0.15) is 54.5 Å². The molecule has 5 aliphatic rings. The lowest BCUT2D eigenvalue weighted by Crippen LogP contribution is -2.62. The molecule has 3 unspecified atom stereocenters. The van der Waals surface area contributed by atoms with Crippen LogP contribution in [0.3, 0.4) is 0 Å². The van der Waals surface area contributed by atoms with Gasteiger partial charge >= 0.3 is 5.97 Å². The van der Waals surface area contributed by atoms with Crippen LogP contribution in [-0.2, 0) is 51.1 Å². The zero-order valence-electron chi connectivity index (χ0n) is 32.9. The molecule has 7 rings (SSSR count). The summed E-state index contributed by atoms with van der Waals surface area (Å²) < 4.78 is 45.1. The summed E-state index contributed by atoms with van der Waals surface area (Å²) in [6.45, 7) is 3.29. The summed E-state index contributed by atoms with van der Waals surface area (Å²) in [5, 5.41) is 7.98. The summed E-state index contributed by atoms with van der Waals surface area (Å²) in [5.41, 5.74) is 0.546. The van der Waals surface area contributed by atoms with E-state index in [9.17, 15) is 42.3 Å². The summed E-state index contributed by atoms with van der Waals surface area (Å²) in [5.74, 6) is -5.65. The smallest absolute Gasteiger partial charge is 0.328 e. The number of halogens is 2. The molecule has 16 nitrogen and oxygen atoms in total. The molecule has 59 heavy (non-hydrogen) atoms. The van der Waals surface area contributed by atoms with Gasteiger partial charge in [0, 0.05) is 32.1 Å². The van der Waals surface area contributed by atoms with E-state index in [1.807, 2.05) is 6.92 Å². The van der Waals surface area contributed by atoms with Gasteiger partial charge in [0.15, 0.2) is 11.5 Å². The van der Waals surface area contributed by atoms with Crippen LogP contribution in [-0.4, -0.2) is 125 Å². The van der Waals surface area contributed by atoms with Crippen LogP contribution in [0.15, 0.2) is 36.4 Å². The minimum absolute atomic E-state index is 0.0181. The molecule has 0 spiro atoms. The number of esters is 1. The summed E-state index contributed by atoms with van der Waals surface area (Å²) in [6, 6.07) is 0.530. The number of nitrogens with one attached hydrogen (secondary N) is 3. The maximum atomic E-state index is 14.5. The topological polar surface area (TPSA) is 193 Å². The van der Waals surface area contributed by atoms with Crippen molar-refractivity contribution in [1.29, 1.82) is 0 Å². The van der Waals surface area contributed by atoms with Crippen LogP contribution in [0.2, 0.25) is 0 Å². The third-order valence-corrected chi connectivity index (χ3v) is 11.5. The lowest BCUT2D eigenvalue weighted by molar-refractivity contribution is -0.158. The van der Waals surface area contributed by atoms with Gasteiger partial charge in [-0.3, -0.25) is 28.8 Å². The summed E-state index contributed by atoms with van der Waals surface area (Å²) in [4.78, 5) is 102. The highest BCUT2D eigenvalue weighted by atomic mass is 19.1. The second kappa shape index (κ2) is 17.6. The molecule has 0 aromatic heterocycles. The van der Waals surface area contributed by atoms with Crippen molar-refractivity contribution >= 4 is 41.4 Å². The molecule has 18 heteroatoms. The molecule has 0 saturated carbocycles. The minimum atomic E-state index is -1.59. The standard InChI is InChI=1S/C41H48F2N6O10/c1-22-12-32-41(56)57-20-29(39(54)48-11-5-7-31(48)40(55)47-10-4-3-6-30(47)37(52)44-23(2)38(53)49(32)19-22)46-36(51)28(15-25-13-26(42)18-27(43)14-25)45-35(50)17-24-8-9-33-34(16-24)59-21-58-33/h8-9,13-14,16,18,22-23,28-32H,3-7,10-12,15,17,19-21H2,1-2H3,(H,44,52)(H,45,50)(H,46,51)/t22-,23-,28-,29-,30?,31?,32?/m0/s1. The van der Waals surface area contributed by atoms with Crippen LogP contribution in [0.1, 0.15) is 63.5 Å². The summed E-state index contributed by atoms with van der Waals surface area (Å²) in [7, 11) is 0. The maximum absolute atomic E-state index is 14.5. The number of hydrogen-bond donors (Lipinski definition) is 3. The lowest BCUT2D eigenvalue weighted by Gasteiger charge is -2.39. The van der Waals surface area contributed by atoms with Crippen LogP contribution in [0, 0.1) is 17.6 Å². The van der Waals surface area contributed by atoms with Gasteiger partial charge in [-0.05, 0) is 86.8 Å². The van der Waals surface area contributed by atoms with Crippen molar-refractivity contribution in [2.24, 2.45) is 5.92 Å². The molecule has 3 N–H and O–H groups in total. The van der Waals surface area contributed by atoms with Crippen molar-refractivity contribution in [3.8, 4) is 11.5 Å². The highest BCUT2D eigenvalue weighted by molar-refractivity contribution is 5.98. The third kappa shape index (κ3) is 9.25. The molecule has 4 saturated heterocycles. The molecule has 316 valence electrons. The largest absolute Gasteiger partial charge is 0.461 e. The molecular weight excluding hydrogens is 774 g/mol. The predicted molar refractivity (Wildman–Crippen MR) is 202 cm³/mol. The number of carbonyl (C=O) groups excluding carboxylic acids is 7. The average molecular weight is 823 g/mol. The van der Waals surface area contributed by atoms with E-state index in [1.165, 1.54) is 21.6 Å². The van der Waals surface area contributed by atoms with Crippen molar-refractivity contribution in [3.63, 3.8) is 0 Å². The minimum Gasteiger partial charge on any atom is -0.461 e. The maximum Gasteiger partial charge on any atom is 0.328 e. The Labute approximate surface area is 339 Å². The Morgan fingerprint density at radius 1 is 0.797 bits per heavy atom. The summed E-state index contributed by atoms with van der Waals surface area (Å²) >= 11 is 0. The van der Waals surface area contributed by atoms with E-state index in [0.717, 1.165) is 12.1 Å². The third-order valence-electron chi connectivity index (χ3n) is 11.5. The fourth-order valence-electron chi connectivity index (χ4n) is 8.64. The highest BCUT2D eigenvalue weighted by Crippen LogP contribution is 2.33. The first kappa shape index (κ1) is 41.4. The van der Waals surface area contributed by atoms with Gasteiger partial charge in [-0.15, -0.1) is 0 Å². The first-order valence-corrected chi connectivity index (χ1v) is 20.1. The zero-order valence-corrected chi connectivity index (χ0v) is 32.9. The SMILES string of the molecule is C[C@H]1CC2C(=O)OC[C@H](NC(=O)[C@H](Cc3cc(F)cc(F)c3)NC(=O)Cc3ccc4c(c3)OCO4)C(=O)N3CCCC3C(=O)N3CCCCC3C(=O)N[C@@H](C)C(=O)N2C1. The van der Waals surface area contributed by atoms with E-state index >= 15 is 0 Å². The van der Waals surface area contributed by atoms with Gasteiger partial charge in [-0.25, -0.2) is 13.6 Å². The molecule has 7 atom stereocenters. The number of rotatable bonds is 7. The second-order valence-electron chi connectivity index (χ2n) is 16.0. The molecular formula is C41H48F2N6O10. The number of piperidine rings is 1. The van der Waals surface area contributed by atoms with E-state index in [1.54, 1.807) is 18.2 Å². The highest BCUT2D eigenvalue weighted by Gasteiger charge is 2.46. The molecule has 0 aliphatic carbocycles. The van der Waals surface area contributed by atoms with Crippen LogP contribution in [0.4, 0.5) is 8.78 Å². The quantitative estimate of drug-likeness (QED) is 0.341. The van der Waals surface area contributed by atoms with Crippen molar-refractivity contribution in [1.82, 2.24) is 30.7 Å². The lowest BCUT2D eigenvalue weighted by atomic mass is 9.99. The van der Waals surface area contributed by atoms with Crippen molar-refractivity contribution < 1.29 is 56.6 Å². The first-order valence-electron chi connectivity index (χ1n) is 20.1. The van der Waals surface area contributed by atoms with Gasteiger partial charge in [-0.2, -0.15) is 0 Å². The Morgan fingerprint density at radius 3 is 2.29 bits per heavy atom. The second-order valence-corrected chi connectivity index (χ2v) is 16.0. The number of amides is 6. The molecule has 2 aromatic rings. The summed E-state index contributed by atoms with van der Waals surface area (Å²) in [6.07, 6.45) is 1.97. The van der Waals surface area contributed by atoms with Gasteiger partial charge in [0.05, 0.1) is 6.42 Å². The fraction of sp³-hybridized carbons (Fsp3) is 0.537. The van der Waals surface area contributed by atoms with Crippen LogP contribution in [0.25, 0.3) is 0 Å². The number of fused-ring (bicyclic) bond motifs is 4. The van der Waals surface area contributed by atoms with Crippen LogP contribution >= 0.6 is 0 Å². The van der Waals surface area contributed by atoms with Gasteiger partial charge in [-0.1, -0.05) is 13.0 Å². The monoisotopic (exact) mass is 822 g/mol. The Morgan fingerprint density at radius 2 is 1.51 bits per heavy atom. The van der Waals surface area contributed by atoms with E-state index in [4.69, 9.17) is 14.2 Å². The molecule has 2 aromatic carbocycles. The zero-order chi connectivity index (χ0) is 42.0. The number of nitrogens with zero attached hydrogens (tertiary/aromatic N) is 3. The van der Waals surface area contributed by atoms with E-state index < -0.39 is 102 Å². The van der Waals surface area contributed by atoms with Crippen molar-refractivity contribution in [3.05, 3.63) is 59.2 Å². The van der Waals surface area contributed by atoms with Crippen molar-refractivity contribution in [2.75, 3.05) is 33.0 Å². The number of cyclic esters (lactones) is 1. The molecule has 0 bridgehead atoms. The van der Waals surface area contributed by atoms with Gasteiger partial charge in [0.2, 0.25) is 42.2 Å². The van der Waals surface area contributed by atoms with E-state index in [-0.39, 0.29) is 57.2 Å². The molecule has 0 radical (unpaired) electrons. The van der Waals surface area contributed by atoms with Crippen LogP contribution in [0.5, 0.6) is 11.5 Å². The van der Waals surface area contributed by atoms with Gasteiger partial charge in [0.25, 0.3) is 0 Å². The molecule has 5 heterocycles. The number of carbonyl (C=O) groups is 7. The molecule has 6 amide bonds. The van der Waals surface area contributed by atoms with E-state index in [0.29, 0.717) is 48.8 Å². The van der Waals surface area contributed by atoms with E-state index in [2.05, 4.69) is 16.0 Å². The normalized spacial score (nSPS) is 26.7. The number of ether oxygens (including phenoxy) is 3. The average Bonchev–Trinajstić information content (AvgIpc) is 3.97. The van der Waals surface area contributed by atoms with Crippen LogP contribution < -0.4 is 25.4 Å². The van der Waals surface area contributed by atoms with Gasteiger partial charge < -0.3 is 44.9 Å². The number of benzene rings is 2. The predicted octanol–water partition coefficient (Wildman–Crippen LogP) is 1.12. The number of hydrogen-bond acceptors (Lipinski definition) is 10. The molecule has 4 fully saturated rings. The first-order chi connectivity index (χ1) is 28.2. The Bertz CT molecular complexity index is 2000. The Hall–Kier alpha value is -5.81. The molecule has 5 aliphatic heterocycles. The Balaban J connectivity index is 1.18. The fourth-order valence-corrected chi connectivity index (χ4v) is 8.64.